The highest BCUT2D eigenvalue weighted by atomic mass is 16.5. The Hall–Kier alpha value is -1.51. The lowest BCUT2D eigenvalue weighted by atomic mass is 10.1. The van der Waals surface area contributed by atoms with E-state index in [-0.39, 0.29) is 5.97 Å². The summed E-state index contributed by atoms with van der Waals surface area (Å²) in [4.78, 5) is 10.9. The second kappa shape index (κ2) is 6.16. The lowest BCUT2D eigenvalue weighted by Gasteiger charge is -2.09. The number of methoxy groups -OCH3 is 1. The zero-order valence-corrected chi connectivity index (χ0v) is 10.1. The Balaban J connectivity index is 2.35. The second-order valence-electron chi connectivity index (χ2n) is 3.80. The van der Waals surface area contributed by atoms with Crippen molar-refractivity contribution in [3.05, 3.63) is 29.3 Å². The molecule has 16 heavy (non-hydrogen) atoms. The summed E-state index contributed by atoms with van der Waals surface area (Å²) in [7, 11) is 1.40. The number of benzene rings is 1. The van der Waals surface area contributed by atoms with Crippen LogP contribution in [0.3, 0.4) is 0 Å². The molecule has 3 nitrogen and oxygen atoms in total. The first-order valence-corrected chi connectivity index (χ1v) is 5.40. The number of esters is 1. The van der Waals surface area contributed by atoms with E-state index < -0.39 is 0 Å². The van der Waals surface area contributed by atoms with Gasteiger partial charge in [0.15, 0.2) is 0 Å². The second-order valence-corrected chi connectivity index (χ2v) is 3.80. The third kappa shape index (κ3) is 3.93. The van der Waals surface area contributed by atoms with Crippen LogP contribution >= 0.6 is 0 Å². The predicted molar refractivity (Wildman–Crippen MR) is 62.7 cm³/mol. The fourth-order valence-electron chi connectivity index (χ4n) is 1.46. The lowest BCUT2D eigenvalue weighted by Crippen LogP contribution is -2.05. The van der Waals surface area contributed by atoms with Crippen molar-refractivity contribution in [3.63, 3.8) is 0 Å². The van der Waals surface area contributed by atoms with E-state index >= 15 is 0 Å². The molecule has 88 valence electrons. The van der Waals surface area contributed by atoms with Gasteiger partial charge in [0.1, 0.15) is 5.75 Å². The summed E-state index contributed by atoms with van der Waals surface area (Å²) in [6, 6.07) is 6.06. The maximum absolute atomic E-state index is 10.9. The van der Waals surface area contributed by atoms with Gasteiger partial charge < -0.3 is 9.47 Å². The van der Waals surface area contributed by atoms with Gasteiger partial charge in [0, 0.05) is 6.42 Å². The lowest BCUT2D eigenvalue weighted by molar-refractivity contribution is -0.140. The Morgan fingerprint density at radius 2 is 2.06 bits per heavy atom. The summed E-state index contributed by atoms with van der Waals surface area (Å²) < 4.78 is 10.1. The Morgan fingerprint density at radius 1 is 1.31 bits per heavy atom. The maximum atomic E-state index is 10.9. The Labute approximate surface area is 96.4 Å². The molecule has 0 aliphatic heterocycles. The van der Waals surface area contributed by atoms with Crippen LogP contribution in [0.15, 0.2) is 18.2 Å². The Kier molecular flexibility index (Phi) is 4.83. The smallest absolute Gasteiger partial charge is 0.305 e. The zero-order chi connectivity index (χ0) is 12.0. The van der Waals surface area contributed by atoms with Crippen LogP contribution < -0.4 is 4.74 Å². The van der Waals surface area contributed by atoms with Crippen molar-refractivity contribution in [1.29, 1.82) is 0 Å². The number of hydrogen-bond donors (Lipinski definition) is 0. The highest BCUT2D eigenvalue weighted by Gasteiger charge is 2.02. The highest BCUT2D eigenvalue weighted by molar-refractivity contribution is 5.69. The van der Waals surface area contributed by atoms with Crippen LogP contribution in [0.5, 0.6) is 5.75 Å². The maximum Gasteiger partial charge on any atom is 0.305 e. The molecule has 0 atom stereocenters. The quantitative estimate of drug-likeness (QED) is 0.567. The predicted octanol–water partition coefficient (Wildman–Crippen LogP) is 2.64. The van der Waals surface area contributed by atoms with Crippen LogP contribution in [0.25, 0.3) is 0 Å². The Morgan fingerprint density at radius 3 is 2.69 bits per heavy atom. The van der Waals surface area contributed by atoms with Crippen LogP contribution in [0.2, 0.25) is 0 Å². The van der Waals surface area contributed by atoms with Crippen molar-refractivity contribution >= 4 is 5.97 Å². The van der Waals surface area contributed by atoms with Crippen molar-refractivity contribution in [2.24, 2.45) is 0 Å². The van der Waals surface area contributed by atoms with E-state index in [4.69, 9.17) is 4.74 Å². The first-order chi connectivity index (χ1) is 7.63. The van der Waals surface area contributed by atoms with Gasteiger partial charge in [0.05, 0.1) is 13.7 Å². The van der Waals surface area contributed by atoms with E-state index in [2.05, 4.69) is 10.8 Å². The molecular weight excluding hydrogens is 204 g/mol. The Bertz CT molecular complexity index is 358. The largest absolute Gasteiger partial charge is 0.493 e. The van der Waals surface area contributed by atoms with Crippen LogP contribution in [0.1, 0.15) is 24.0 Å². The molecule has 0 N–H and O–H groups in total. The summed E-state index contributed by atoms with van der Waals surface area (Å²) in [5, 5.41) is 0. The summed E-state index contributed by atoms with van der Waals surface area (Å²) in [5.74, 6) is 0.694. The van der Waals surface area contributed by atoms with E-state index in [1.54, 1.807) is 0 Å². The molecule has 0 radical (unpaired) electrons. The molecule has 0 amide bonds. The van der Waals surface area contributed by atoms with Gasteiger partial charge in [-0.1, -0.05) is 17.7 Å². The zero-order valence-electron chi connectivity index (χ0n) is 10.1. The van der Waals surface area contributed by atoms with Crippen LogP contribution in [-0.4, -0.2) is 19.7 Å². The average molecular weight is 222 g/mol. The molecule has 0 unspecified atom stereocenters. The number of ether oxygens (including phenoxy) is 2. The SMILES string of the molecule is COC(=O)CCCOc1ccc(C)cc1C. The molecule has 0 bridgehead atoms. The third-order valence-corrected chi connectivity index (χ3v) is 2.34. The van der Waals surface area contributed by atoms with Gasteiger partial charge in [-0.2, -0.15) is 0 Å². The van der Waals surface area contributed by atoms with Gasteiger partial charge in [-0.25, -0.2) is 0 Å². The van der Waals surface area contributed by atoms with Crippen molar-refractivity contribution in [2.75, 3.05) is 13.7 Å². The number of carbonyl (C=O) groups is 1. The summed E-state index contributed by atoms with van der Waals surface area (Å²) in [5.41, 5.74) is 2.34. The van der Waals surface area contributed by atoms with E-state index in [1.807, 2.05) is 26.0 Å². The van der Waals surface area contributed by atoms with E-state index in [1.165, 1.54) is 12.7 Å². The monoisotopic (exact) mass is 222 g/mol. The van der Waals surface area contributed by atoms with Gasteiger partial charge in [0.2, 0.25) is 0 Å². The number of carbonyl (C=O) groups excluding carboxylic acids is 1. The standard InChI is InChI=1S/C13H18O3/c1-10-6-7-12(11(2)9-10)16-8-4-5-13(14)15-3/h6-7,9H,4-5,8H2,1-3H3. The van der Waals surface area contributed by atoms with Crippen molar-refractivity contribution < 1.29 is 14.3 Å². The van der Waals surface area contributed by atoms with Crippen molar-refractivity contribution in [3.8, 4) is 5.75 Å². The average Bonchev–Trinajstić information content (AvgIpc) is 2.26. The third-order valence-electron chi connectivity index (χ3n) is 2.34. The molecule has 3 heteroatoms. The van der Waals surface area contributed by atoms with Crippen LogP contribution in [-0.2, 0) is 9.53 Å². The first-order valence-electron chi connectivity index (χ1n) is 5.40. The van der Waals surface area contributed by atoms with Gasteiger partial charge in [0.25, 0.3) is 0 Å². The molecule has 0 spiro atoms. The summed E-state index contributed by atoms with van der Waals surface area (Å²) in [6.07, 6.45) is 1.08. The summed E-state index contributed by atoms with van der Waals surface area (Å²) in [6.45, 7) is 4.61. The molecule has 0 aliphatic carbocycles. The van der Waals surface area contributed by atoms with Gasteiger partial charge in [-0.3, -0.25) is 4.79 Å². The molecule has 0 saturated heterocycles. The normalized spacial score (nSPS) is 9.94. The highest BCUT2D eigenvalue weighted by Crippen LogP contribution is 2.18. The van der Waals surface area contributed by atoms with Crippen LogP contribution in [0.4, 0.5) is 0 Å². The van der Waals surface area contributed by atoms with E-state index in [0.29, 0.717) is 19.4 Å². The fraction of sp³-hybridized carbons (Fsp3) is 0.462. The van der Waals surface area contributed by atoms with Crippen molar-refractivity contribution in [2.45, 2.75) is 26.7 Å². The first kappa shape index (κ1) is 12.6. The number of aryl methyl sites for hydroxylation is 2. The van der Waals surface area contributed by atoms with E-state index in [0.717, 1.165) is 11.3 Å². The minimum Gasteiger partial charge on any atom is -0.493 e. The molecule has 0 aromatic heterocycles. The van der Waals surface area contributed by atoms with Gasteiger partial charge in [-0.15, -0.1) is 0 Å². The minimum absolute atomic E-state index is 0.191. The van der Waals surface area contributed by atoms with Gasteiger partial charge >= 0.3 is 5.97 Å². The molecule has 1 rings (SSSR count). The molecule has 1 aromatic carbocycles. The fourth-order valence-corrected chi connectivity index (χ4v) is 1.46. The molecule has 0 heterocycles. The number of hydrogen-bond acceptors (Lipinski definition) is 3. The molecular formula is C13H18O3. The van der Waals surface area contributed by atoms with E-state index in [9.17, 15) is 4.79 Å². The minimum atomic E-state index is -0.191. The van der Waals surface area contributed by atoms with Crippen molar-refractivity contribution in [1.82, 2.24) is 0 Å². The summed E-state index contributed by atoms with van der Waals surface area (Å²) >= 11 is 0. The molecule has 0 saturated carbocycles. The molecule has 0 fully saturated rings. The topological polar surface area (TPSA) is 35.5 Å². The molecule has 1 aromatic rings. The molecule has 0 aliphatic rings. The van der Waals surface area contributed by atoms with Gasteiger partial charge in [-0.05, 0) is 31.9 Å². The number of rotatable bonds is 5. The van der Waals surface area contributed by atoms with Crippen LogP contribution in [0, 0.1) is 13.8 Å².